The molecule has 42 heavy (non-hydrogen) atoms. The van der Waals surface area contributed by atoms with Gasteiger partial charge in [0.05, 0.1) is 28.6 Å². The fourth-order valence-corrected chi connectivity index (χ4v) is 6.65. The smallest absolute Gasteiger partial charge is 0.101 e. The lowest BCUT2D eigenvalue weighted by Crippen LogP contribution is -2.14. The van der Waals surface area contributed by atoms with Gasteiger partial charge in [0.2, 0.25) is 0 Å². The molecule has 1 aliphatic rings. The number of nitrogens with zero attached hydrogens (tertiary/aromatic N) is 4. The van der Waals surface area contributed by atoms with Crippen LogP contribution in [0.2, 0.25) is 0 Å². The number of para-hydroxylation sites is 2. The van der Waals surface area contributed by atoms with E-state index in [1.165, 1.54) is 32.5 Å². The summed E-state index contributed by atoms with van der Waals surface area (Å²) in [5.74, 6) is 0. The van der Waals surface area contributed by atoms with Crippen LogP contribution < -0.4 is 9.80 Å². The second kappa shape index (κ2) is 9.37. The standard InChI is InChI=1S/C38H24N4/c39-23-25-10-11-26-20-21-41(36(26)22-25)34-18-14-27-13-17-32-35(19-15-28-12-16-31(34)37(27)38(28)32)42(30-7-2-1-3-8-30)33-9-5-4-6-29(33)24-40/h1-19,22H,20-21H2. The van der Waals surface area contributed by atoms with E-state index in [-0.39, 0.29) is 0 Å². The van der Waals surface area contributed by atoms with Gasteiger partial charge in [0, 0.05) is 34.4 Å². The molecule has 0 atom stereocenters. The quantitative estimate of drug-likeness (QED) is 0.210. The number of anilines is 5. The zero-order valence-electron chi connectivity index (χ0n) is 22.8. The van der Waals surface area contributed by atoms with E-state index in [9.17, 15) is 10.5 Å². The van der Waals surface area contributed by atoms with Crippen molar-refractivity contribution in [2.75, 3.05) is 16.3 Å². The van der Waals surface area contributed by atoms with E-state index in [4.69, 9.17) is 0 Å². The fraction of sp³-hybridized carbons (Fsp3) is 0.0526. The largest absolute Gasteiger partial charge is 0.340 e. The molecule has 0 aromatic heterocycles. The van der Waals surface area contributed by atoms with Gasteiger partial charge in [0.1, 0.15) is 6.07 Å². The highest BCUT2D eigenvalue weighted by molar-refractivity contribution is 6.28. The van der Waals surface area contributed by atoms with Gasteiger partial charge in [-0.2, -0.15) is 10.5 Å². The zero-order valence-corrected chi connectivity index (χ0v) is 22.8. The molecular formula is C38H24N4. The normalized spacial score (nSPS) is 12.5. The van der Waals surface area contributed by atoms with Gasteiger partial charge in [0.15, 0.2) is 0 Å². The number of benzene rings is 7. The third-order valence-electron chi connectivity index (χ3n) is 8.54. The molecular weight excluding hydrogens is 512 g/mol. The van der Waals surface area contributed by atoms with E-state index in [0.717, 1.165) is 46.8 Å². The Bertz CT molecular complexity index is 2240. The minimum absolute atomic E-state index is 0.624. The average Bonchev–Trinajstić information content (AvgIpc) is 3.48. The summed E-state index contributed by atoms with van der Waals surface area (Å²) in [4.78, 5) is 4.56. The summed E-state index contributed by atoms with van der Waals surface area (Å²) in [7, 11) is 0. The first-order valence-corrected chi connectivity index (χ1v) is 14.1. The van der Waals surface area contributed by atoms with E-state index >= 15 is 0 Å². The summed E-state index contributed by atoms with van der Waals surface area (Å²) in [5, 5.41) is 26.7. The number of fused-ring (bicyclic) bond motifs is 1. The Morgan fingerprint density at radius 1 is 0.595 bits per heavy atom. The van der Waals surface area contributed by atoms with Gasteiger partial charge in [-0.05, 0) is 82.1 Å². The highest BCUT2D eigenvalue weighted by atomic mass is 15.2. The van der Waals surface area contributed by atoms with E-state index in [1.807, 2.05) is 54.6 Å². The van der Waals surface area contributed by atoms with Crippen LogP contribution in [-0.2, 0) is 6.42 Å². The van der Waals surface area contributed by atoms with Crippen molar-refractivity contribution in [3.8, 4) is 12.1 Å². The van der Waals surface area contributed by atoms with Crippen LogP contribution >= 0.6 is 0 Å². The molecule has 0 saturated heterocycles. The minimum atomic E-state index is 0.624. The van der Waals surface area contributed by atoms with E-state index in [0.29, 0.717) is 11.1 Å². The van der Waals surface area contributed by atoms with Crippen molar-refractivity contribution in [2.45, 2.75) is 6.42 Å². The Morgan fingerprint density at radius 2 is 1.31 bits per heavy atom. The molecule has 1 heterocycles. The van der Waals surface area contributed by atoms with Crippen molar-refractivity contribution in [2.24, 2.45) is 0 Å². The fourth-order valence-electron chi connectivity index (χ4n) is 6.65. The molecule has 7 aromatic carbocycles. The van der Waals surface area contributed by atoms with E-state index in [2.05, 4.69) is 88.7 Å². The van der Waals surface area contributed by atoms with Crippen molar-refractivity contribution in [3.05, 3.63) is 138 Å². The van der Waals surface area contributed by atoms with E-state index in [1.54, 1.807) is 0 Å². The van der Waals surface area contributed by atoms with Gasteiger partial charge in [-0.3, -0.25) is 0 Å². The van der Waals surface area contributed by atoms with Crippen molar-refractivity contribution in [1.82, 2.24) is 0 Å². The maximum absolute atomic E-state index is 10.0. The first kappa shape index (κ1) is 24.0. The topological polar surface area (TPSA) is 54.1 Å². The predicted molar refractivity (Wildman–Crippen MR) is 171 cm³/mol. The molecule has 0 bridgehead atoms. The van der Waals surface area contributed by atoms with Crippen LogP contribution in [0.4, 0.5) is 28.4 Å². The monoisotopic (exact) mass is 536 g/mol. The first-order valence-electron chi connectivity index (χ1n) is 14.1. The number of hydrogen-bond acceptors (Lipinski definition) is 4. The predicted octanol–water partition coefficient (Wildman–Crippen LogP) is 9.49. The third-order valence-corrected chi connectivity index (χ3v) is 8.54. The average molecular weight is 537 g/mol. The van der Waals surface area contributed by atoms with Crippen LogP contribution in [-0.4, -0.2) is 6.54 Å². The molecule has 0 saturated carbocycles. The molecule has 0 fully saturated rings. The summed E-state index contributed by atoms with van der Waals surface area (Å²) in [6, 6.07) is 46.5. The van der Waals surface area contributed by atoms with Gasteiger partial charge in [-0.25, -0.2) is 0 Å². The lowest BCUT2D eigenvalue weighted by molar-refractivity contribution is 1.00. The molecule has 4 heteroatoms. The molecule has 7 aromatic rings. The molecule has 0 radical (unpaired) electrons. The summed E-state index contributed by atoms with van der Waals surface area (Å²) in [5.41, 5.74) is 7.74. The number of hydrogen-bond donors (Lipinski definition) is 0. The van der Waals surface area contributed by atoms with Gasteiger partial charge >= 0.3 is 0 Å². The molecule has 0 aliphatic carbocycles. The molecule has 1 aliphatic heterocycles. The summed E-state index contributed by atoms with van der Waals surface area (Å²) >= 11 is 0. The second-order valence-corrected chi connectivity index (χ2v) is 10.7. The Balaban J connectivity index is 1.40. The zero-order chi connectivity index (χ0) is 28.2. The maximum Gasteiger partial charge on any atom is 0.101 e. The van der Waals surface area contributed by atoms with Crippen molar-refractivity contribution >= 4 is 60.8 Å². The first-order chi connectivity index (χ1) is 20.7. The lowest BCUT2D eigenvalue weighted by atomic mass is 9.92. The Hall–Kier alpha value is -5.84. The Morgan fingerprint density at radius 3 is 2.12 bits per heavy atom. The van der Waals surface area contributed by atoms with Crippen LogP contribution in [0.15, 0.2) is 121 Å². The summed E-state index contributed by atoms with van der Waals surface area (Å²) in [6.07, 6.45) is 0.956. The Kier molecular flexibility index (Phi) is 5.36. The highest BCUT2D eigenvalue weighted by Gasteiger charge is 2.25. The van der Waals surface area contributed by atoms with Crippen molar-refractivity contribution in [3.63, 3.8) is 0 Å². The van der Waals surface area contributed by atoms with Crippen LogP contribution in [0, 0.1) is 22.7 Å². The number of nitriles is 2. The SMILES string of the molecule is N#Cc1ccc2c(c1)N(c1ccc3ccc4c(N(c5ccccc5)c5ccccc5C#N)ccc5ccc1c3c54)CC2. The van der Waals surface area contributed by atoms with Crippen LogP contribution in [0.5, 0.6) is 0 Å². The molecule has 0 spiro atoms. The van der Waals surface area contributed by atoms with Gasteiger partial charge < -0.3 is 9.80 Å². The highest BCUT2D eigenvalue weighted by Crippen LogP contribution is 2.47. The van der Waals surface area contributed by atoms with Crippen LogP contribution in [0.25, 0.3) is 32.3 Å². The molecule has 4 nitrogen and oxygen atoms in total. The van der Waals surface area contributed by atoms with Crippen molar-refractivity contribution in [1.29, 1.82) is 10.5 Å². The van der Waals surface area contributed by atoms with Gasteiger partial charge in [0.25, 0.3) is 0 Å². The molecule has 8 rings (SSSR count). The van der Waals surface area contributed by atoms with Crippen LogP contribution in [0.1, 0.15) is 16.7 Å². The molecule has 0 amide bonds. The third kappa shape index (κ3) is 3.53. The summed E-state index contributed by atoms with van der Waals surface area (Å²) < 4.78 is 0. The van der Waals surface area contributed by atoms with Gasteiger partial charge in [-0.1, -0.05) is 72.8 Å². The minimum Gasteiger partial charge on any atom is -0.340 e. The molecule has 0 unspecified atom stereocenters. The van der Waals surface area contributed by atoms with E-state index < -0.39 is 0 Å². The van der Waals surface area contributed by atoms with Crippen LogP contribution in [0.3, 0.4) is 0 Å². The molecule has 0 N–H and O–H groups in total. The maximum atomic E-state index is 10.0. The lowest BCUT2D eigenvalue weighted by Gasteiger charge is -2.28. The van der Waals surface area contributed by atoms with Gasteiger partial charge in [-0.15, -0.1) is 0 Å². The summed E-state index contributed by atoms with van der Waals surface area (Å²) in [6.45, 7) is 0.881. The Labute approximate surface area is 243 Å². The van der Waals surface area contributed by atoms with Crippen molar-refractivity contribution < 1.29 is 0 Å². The second-order valence-electron chi connectivity index (χ2n) is 10.7. The molecule has 196 valence electrons. The number of rotatable bonds is 4.